The predicted molar refractivity (Wildman–Crippen MR) is 125 cm³/mol. The molecule has 5 N–H and O–H groups in total. The Kier molecular flexibility index (Phi) is 6.28. The Morgan fingerprint density at radius 3 is 2.43 bits per heavy atom. The molecule has 0 spiro atoms. The van der Waals surface area contributed by atoms with Crippen molar-refractivity contribution in [1.82, 2.24) is 15.1 Å². The Morgan fingerprint density at radius 2 is 1.74 bits per heavy atom. The zero-order chi connectivity index (χ0) is 25.5. The van der Waals surface area contributed by atoms with Crippen LogP contribution in [0.5, 0.6) is 0 Å². The molecule has 0 bridgehead atoms. The number of fused-ring (bicyclic) bond motifs is 1. The lowest BCUT2D eigenvalue weighted by Gasteiger charge is -2.24. The van der Waals surface area contributed by atoms with Gasteiger partial charge in [-0.15, -0.1) is 0 Å². The fourth-order valence-electron chi connectivity index (χ4n) is 3.76. The van der Waals surface area contributed by atoms with Crippen molar-refractivity contribution in [3.8, 4) is 5.69 Å². The number of nitrogens with one attached hydrogen (secondary N) is 3. The molecule has 0 radical (unpaired) electrons. The van der Waals surface area contributed by atoms with Gasteiger partial charge in [-0.05, 0) is 29.7 Å². The van der Waals surface area contributed by atoms with Gasteiger partial charge < -0.3 is 16.4 Å². The Hall–Kier alpha value is -3.86. The minimum atomic E-state index is -1.36. The van der Waals surface area contributed by atoms with Gasteiger partial charge in [0.1, 0.15) is 11.6 Å². The van der Waals surface area contributed by atoms with Gasteiger partial charge in [-0.3, -0.25) is 10.1 Å². The number of carbonyl (C=O) groups is 2. The van der Waals surface area contributed by atoms with Crippen molar-refractivity contribution < 1.29 is 22.8 Å². The van der Waals surface area contributed by atoms with Crippen LogP contribution in [-0.4, -0.2) is 27.8 Å². The van der Waals surface area contributed by atoms with Gasteiger partial charge in [0, 0.05) is 30.2 Å². The van der Waals surface area contributed by atoms with Crippen LogP contribution < -0.4 is 21.7 Å². The zero-order valence-electron chi connectivity index (χ0n) is 19.4. The van der Waals surface area contributed by atoms with Crippen molar-refractivity contribution in [1.29, 1.82) is 0 Å². The van der Waals surface area contributed by atoms with Crippen molar-refractivity contribution in [3.05, 3.63) is 70.7 Å². The average molecular weight is 486 g/mol. The molecule has 1 unspecified atom stereocenters. The number of hydrogen-bond acceptors (Lipinski definition) is 4. The summed E-state index contributed by atoms with van der Waals surface area (Å²) in [7, 11) is 0. The highest BCUT2D eigenvalue weighted by Crippen LogP contribution is 2.28. The molecule has 1 atom stereocenters. The van der Waals surface area contributed by atoms with Crippen LogP contribution in [0.1, 0.15) is 37.6 Å². The van der Waals surface area contributed by atoms with E-state index >= 15 is 0 Å². The minimum absolute atomic E-state index is 0.286. The summed E-state index contributed by atoms with van der Waals surface area (Å²) in [6.45, 7) is 6.31. The van der Waals surface area contributed by atoms with Gasteiger partial charge in [0.2, 0.25) is 5.91 Å². The van der Waals surface area contributed by atoms with Crippen LogP contribution in [0, 0.1) is 17.5 Å². The summed E-state index contributed by atoms with van der Waals surface area (Å²) in [5.41, 5.74) is 7.80. The molecule has 2 aromatic carbocycles. The maximum Gasteiger partial charge on any atom is 0.324 e. The highest BCUT2D eigenvalue weighted by atomic mass is 19.2. The topological polar surface area (TPSA) is 114 Å². The van der Waals surface area contributed by atoms with E-state index in [4.69, 9.17) is 5.73 Å². The van der Waals surface area contributed by atoms with Crippen molar-refractivity contribution in [2.75, 3.05) is 10.6 Å². The lowest BCUT2D eigenvalue weighted by Crippen LogP contribution is -2.45. The summed E-state index contributed by atoms with van der Waals surface area (Å²) in [5, 5.41) is 12.5. The van der Waals surface area contributed by atoms with E-state index in [1.165, 1.54) is 4.68 Å². The minimum Gasteiger partial charge on any atom is -0.368 e. The molecular weight excluding hydrogens is 461 g/mol. The fraction of sp³-hybridized carbons (Fsp3) is 0.292. The zero-order valence-corrected chi connectivity index (χ0v) is 19.4. The fourth-order valence-corrected chi connectivity index (χ4v) is 3.76. The van der Waals surface area contributed by atoms with Gasteiger partial charge in [-0.25, -0.2) is 22.6 Å². The summed E-state index contributed by atoms with van der Waals surface area (Å²) in [5.74, 6) is -3.89. The van der Waals surface area contributed by atoms with E-state index in [9.17, 15) is 22.8 Å². The number of benzene rings is 2. The molecule has 11 heteroatoms. The number of primary amides is 1. The molecule has 0 fully saturated rings. The predicted octanol–water partition coefficient (Wildman–Crippen LogP) is 3.73. The second-order valence-electron chi connectivity index (χ2n) is 9.39. The number of anilines is 2. The summed E-state index contributed by atoms with van der Waals surface area (Å²) in [6, 6.07) is 6.87. The van der Waals surface area contributed by atoms with E-state index in [0.29, 0.717) is 36.5 Å². The molecule has 3 aromatic rings. The first kappa shape index (κ1) is 24.3. The quantitative estimate of drug-likeness (QED) is 0.421. The number of halogens is 3. The smallest absolute Gasteiger partial charge is 0.324 e. The lowest BCUT2D eigenvalue weighted by atomic mass is 9.92. The standard InChI is InChI=1S/C24H25F3N6O2/c1-24(2,3)20-10-21(31-23(35)30-18-9-16(26)15(25)8-17(18)27)33(32-20)14-5-4-12-7-19(22(28)34)29-11-13(12)6-14/h4-6,8-10,19,29H,7,11H2,1-3H3,(H2,28,34)(H2,30,31,35). The van der Waals surface area contributed by atoms with E-state index in [-0.39, 0.29) is 11.2 Å². The van der Waals surface area contributed by atoms with Crippen LogP contribution in [0.3, 0.4) is 0 Å². The summed E-state index contributed by atoms with van der Waals surface area (Å²) in [4.78, 5) is 24.1. The Balaban J connectivity index is 1.64. The third kappa shape index (κ3) is 5.14. The van der Waals surface area contributed by atoms with Gasteiger partial charge >= 0.3 is 6.03 Å². The van der Waals surface area contributed by atoms with Crippen molar-refractivity contribution in [2.24, 2.45) is 5.73 Å². The van der Waals surface area contributed by atoms with E-state index < -0.39 is 41.1 Å². The first-order chi connectivity index (χ1) is 16.4. The number of aromatic nitrogens is 2. The molecule has 0 saturated carbocycles. The Morgan fingerprint density at radius 1 is 1.03 bits per heavy atom. The molecule has 0 saturated heterocycles. The molecule has 2 heterocycles. The molecule has 1 aromatic heterocycles. The monoisotopic (exact) mass is 486 g/mol. The van der Waals surface area contributed by atoms with E-state index in [2.05, 4.69) is 21.0 Å². The average Bonchev–Trinajstić information content (AvgIpc) is 3.21. The van der Waals surface area contributed by atoms with Gasteiger partial charge in [0.15, 0.2) is 11.6 Å². The molecule has 35 heavy (non-hydrogen) atoms. The highest BCUT2D eigenvalue weighted by Gasteiger charge is 2.25. The van der Waals surface area contributed by atoms with Gasteiger partial charge in [0.05, 0.1) is 23.1 Å². The van der Waals surface area contributed by atoms with E-state index in [1.807, 2.05) is 32.9 Å². The summed E-state index contributed by atoms with van der Waals surface area (Å²) in [6.07, 6.45) is 0.463. The van der Waals surface area contributed by atoms with Crippen LogP contribution in [0.2, 0.25) is 0 Å². The second kappa shape index (κ2) is 9.06. The molecule has 8 nitrogen and oxygen atoms in total. The molecule has 3 amide bonds. The third-order valence-electron chi connectivity index (χ3n) is 5.72. The number of hydrogen-bond donors (Lipinski definition) is 4. The lowest BCUT2D eigenvalue weighted by molar-refractivity contribution is -0.120. The third-order valence-corrected chi connectivity index (χ3v) is 5.72. The number of nitrogens with two attached hydrogens (primary N) is 1. The van der Waals surface area contributed by atoms with Crippen LogP contribution in [0.25, 0.3) is 5.69 Å². The number of urea groups is 1. The van der Waals surface area contributed by atoms with E-state index in [1.54, 1.807) is 12.1 Å². The Labute approximate surface area is 199 Å². The SMILES string of the molecule is CC(C)(C)c1cc(NC(=O)Nc2cc(F)c(F)cc2F)n(-c2ccc3c(c2)CNC(C(N)=O)C3)n1. The highest BCUT2D eigenvalue weighted by molar-refractivity contribution is 5.99. The van der Waals surface area contributed by atoms with Crippen LogP contribution >= 0.6 is 0 Å². The maximum absolute atomic E-state index is 14.0. The number of carbonyl (C=O) groups excluding carboxylic acids is 2. The summed E-state index contributed by atoms with van der Waals surface area (Å²) < 4.78 is 42.2. The first-order valence-electron chi connectivity index (χ1n) is 10.9. The van der Waals surface area contributed by atoms with Crippen molar-refractivity contribution in [3.63, 3.8) is 0 Å². The molecule has 1 aliphatic heterocycles. The van der Waals surface area contributed by atoms with Crippen LogP contribution in [-0.2, 0) is 23.2 Å². The molecule has 0 aliphatic carbocycles. The first-order valence-corrected chi connectivity index (χ1v) is 10.9. The Bertz CT molecular complexity index is 1320. The number of nitrogens with zero attached hydrogens (tertiary/aromatic N) is 2. The van der Waals surface area contributed by atoms with Gasteiger partial charge in [-0.1, -0.05) is 26.8 Å². The van der Waals surface area contributed by atoms with Crippen LogP contribution in [0.15, 0.2) is 36.4 Å². The van der Waals surface area contributed by atoms with Gasteiger partial charge in [0.25, 0.3) is 0 Å². The van der Waals surface area contributed by atoms with Crippen LogP contribution in [0.4, 0.5) is 29.5 Å². The number of rotatable bonds is 4. The molecule has 1 aliphatic rings. The number of amides is 3. The van der Waals surface area contributed by atoms with Crippen molar-refractivity contribution >= 4 is 23.4 Å². The summed E-state index contributed by atoms with van der Waals surface area (Å²) >= 11 is 0. The van der Waals surface area contributed by atoms with Crippen molar-refractivity contribution in [2.45, 2.75) is 45.2 Å². The second-order valence-corrected chi connectivity index (χ2v) is 9.39. The largest absolute Gasteiger partial charge is 0.368 e. The molecule has 184 valence electrons. The maximum atomic E-state index is 14.0. The molecule has 4 rings (SSSR count). The van der Waals surface area contributed by atoms with Gasteiger partial charge in [-0.2, -0.15) is 5.10 Å². The normalized spacial score (nSPS) is 15.4. The molecular formula is C24H25F3N6O2. The van der Waals surface area contributed by atoms with E-state index in [0.717, 1.165) is 11.1 Å².